The molecule has 2 aromatic carbocycles. The Labute approximate surface area is 198 Å². The first-order valence-electron chi connectivity index (χ1n) is 11.5. The van der Waals surface area contributed by atoms with Gasteiger partial charge in [0.2, 0.25) is 0 Å². The highest BCUT2D eigenvalue weighted by Gasteiger charge is 2.50. The Kier molecular flexibility index (Phi) is 5.35. The lowest BCUT2D eigenvalue weighted by atomic mass is 9.76. The van der Waals surface area contributed by atoms with E-state index >= 15 is 0 Å². The molecule has 5 rings (SSSR count). The van der Waals surface area contributed by atoms with Crippen molar-refractivity contribution in [1.29, 1.82) is 0 Å². The number of pyridine rings is 1. The summed E-state index contributed by atoms with van der Waals surface area (Å²) in [4.78, 5) is 25.3. The predicted octanol–water partition coefficient (Wildman–Crippen LogP) is 4.45. The van der Waals surface area contributed by atoms with Crippen molar-refractivity contribution in [2.75, 3.05) is 18.7 Å². The smallest absolute Gasteiger partial charge is 0.343 e. The van der Waals surface area contributed by atoms with E-state index in [1.165, 1.54) is 6.07 Å². The maximum atomic E-state index is 12.9. The first-order valence-corrected chi connectivity index (χ1v) is 11.5. The number of carbonyl (C=O) groups excluding carboxylic acids is 1. The molecule has 7 heteroatoms. The Balaban J connectivity index is 1.61. The fourth-order valence-corrected chi connectivity index (χ4v) is 4.99. The molecule has 0 amide bonds. The molecule has 3 heterocycles. The Morgan fingerprint density at radius 3 is 2.56 bits per heavy atom. The second-order valence-electron chi connectivity index (χ2n) is 9.24. The average Bonchev–Trinajstić information content (AvgIpc) is 2.82. The minimum absolute atomic E-state index is 0.0327. The SMILES string of the molecule is CCOC(=O)c1cn2c(cc1=O)-c1cc(OC)c(OCc3ccccc3)cc1C1CC(C)(C)N12. The van der Waals surface area contributed by atoms with Crippen LogP contribution in [-0.2, 0) is 11.3 Å². The van der Waals surface area contributed by atoms with Gasteiger partial charge in [-0.2, -0.15) is 0 Å². The van der Waals surface area contributed by atoms with E-state index in [4.69, 9.17) is 14.2 Å². The summed E-state index contributed by atoms with van der Waals surface area (Å²) in [6.45, 7) is 6.66. The molecule has 0 aliphatic carbocycles. The molecule has 0 bridgehead atoms. The van der Waals surface area contributed by atoms with E-state index in [-0.39, 0.29) is 29.2 Å². The first kappa shape index (κ1) is 22.1. The van der Waals surface area contributed by atoms with Gasteiger partial charge in [0.25, 0.3) is 0 Å². The van der Waals surface area contributed by atoms with Gasteiger partial charge in [0.1, 0.15) is 12.2 Å². The van der Waals surface area contributed by atoms with Crippen molar-refractivity contribution < 1.29 is 19.0 Å². The van der Waals surface area contributed by atoms with Gasteiger partial charge in [-0.05, 0) is 50.5 Å². The van der Waals surface area contributed by atoms with E-state index in [1.54, 1.807) is 20.2 Å². The molecule has 1 unspecified atom stereocenters. The third-order valence-electron chi connectivity index (χ3n) is 6.58. The van der Waals surface area contributed by atoms with Crippen molar-refractivity contribution in [2.45, 2.75) is 45.4 Å². The minimum Gasteiger partial charge on any atom is -0.493 e. The lowest BCUT2D eigenvalue weighted by Crippen LogP contribution is -2.65. The Morgan fingerprint density at radius 1 is 1.12 bits per heavy atom. The van der Waals surface area contributed by atoms with E-state index in [0.717, 1.165) is 23.1 Å². The van der Waals surface area contributed by atoms with Crippen molar-refractivity contribution >= 4 is 5.97 Å². The summed E-state index contributed by atoms with van der Waals surface area (Å²) < 4.78 is 18.9. The first-order chi connectivity index (χ1) is 16.3. The van der Waals surface area contributed by atoms with Crippen molar-refractivity contribution in [3.05, 3.63) is 81.6 Å². The summed E-state index contributed by atoms with van der Waals surface area (Å²) in [5.74, 6) is 0.648. The fraction of sp³-hybridized carbons (Fsp3) is 0.333. The summed E-state index contributed by atoms with van der Waals surface area (Å²) in [7, 11) is 1.61. The van der Waals surface area contributed by atoms with Crippen LogP contribution in [0.1, 0.15) is 54.7 Å². The molecule has 0 N–H and O–H groups in total. The number of hydrogen-bond acceptors (Lipinski definition) is 6. The molecule has 1 saturated heterocycles. The highest BCUT2D eigenvalue weighted by molar-refractivity contribution is 5.89. The number of methoxy groups -OCH3 is 1. The van der Waals surface area contributed by atoms with Crippen LogP contribution in [0, 0.1) is 0 Å². The van der Waals surface area contributed by atoms with E-state index in [0.29, 0.717) is 23.8 Å². The Morgan fingerprint density at radius 2 is 1.88 bits per heavy atom. The Hall–Kier alpha value is -3.74. The van der Waals surface area contributed by atoms with Crippen LogP contribution in [0.2, 0.25) is 0 Å². The summed E-state index contributed by atoms with van der Waals surface area (Å²) in [5, 5.41) is 2.21. The molecule has 2 aliphatic rings. The zero-order valence-electron chi connectivity index (χ0n) is 19.8. The van der Waals surface area contributed by atoms with Gasteiger partial charge in [0.15, 0.2) is 16.9 Å². The van der Waals surface area contributed by atoms with Crippen LogP contribution in [-0.4, -0.2) is 29.9 Å². The second kappa shape index (κ2) is 8.24. The van der Waals surface area contributed by atoms with Gasteiger partial charge in [-0.3, -0.25) is 14.5 Å². The van der Waals surface area contributed by atoms with Gasteiger partial charge in [0, 0.05) is 17.8 Å². The van der Waals surface area contributed by atoms with Crippen LogP contribution in [0.5, 0.6) is 11.5 Å². The van der Waals surface area contributed by atoms with E-state index in [9.17, 15) is 9.59 Å². The van der Waals surface area contributed by atoms with Crippen LogP contribution in [0.25, 0.3) is 11.3 Å². The van der Waals surface area contributed by atoms with Gasteiger partial charge >= 0.3 is 5.97 Å². The molecule has 1 aromatic heterocycles. The number of benzene rings is 2. The number of hydrogen-bond donors (Lipinski definition) is 0. The number of aromatic nitrogens is 1. The number of rotatable bonds is 6. The molecule has 0 radical (unpaired) electrons. The number of ether oxygens (including phenoxy) is 3. The summed E-state index contributed by atoms with van der Waals surface area (Å²) in [5.41, 5.74) is 3.27. The van der Waals surface area contributed by atoms with Crippen LogP contribution in [0.3, 0.4) is 0 Å². The molecule has 3 aromatic rings. The lowest BCUT2D eigenvalue weighted by molar-refractivity contribution is 0.0522. The van der Waals surface area contributed by atoms with Crippen molar-refractivity contribution in [2.24, 2.45) is 0 Å². The largest absolute Gasteiger partial charge is 0.493 e. The molecule has 176 valence electrons. The zero-order valence-corrected chi connectivity index (χ0v) is 19.8. The summed E-state index contributed by atoms with van der Waals surface area (Å²) in [6.07, 6.45) is 2.53. The molecule has 2 aliphatic heterocycles. The van der Waals surface area contributed by atoms with E-state index < -0.39 is 5.97 Å². The topological polar surface area (TPSA) is 70.0 Å². The highest BCUT2D eigenvalue weighted by Crippen LogP contribution is 2.53. The summed E-state index contributed by atoms with van der Waals surface area (Å²) in [6, 6.07) is 15.5. The maximum absolute atomic E-state index is 12.9. The second-order valence-corrected chi connectivity index (χ2v) is 9.24. The van der Waals surface area contributed by atoms with Crippen molar-refractivity contribution in [3.8, 4) is 22.8 Å². The number of fused-ring (bicyclic) bond motifs is 6. The van der Waals surface area contributed by atoms with Gasteiger partial charge in [-0.15, -0.1) is 0 Å². The van der Waals surface area contributed by atoms with Gasteiger partial charge < -0.3 is 14.2 Å². The predicted molar refractivity (Wildman–Crippen MR) is 129 cm³/mol. The van der Waals surface area contributed by atoms with Crippen LogP contribution < -0.4 is 19.9 Å². The molecule has 34 heavy (non-hydrogen) atoms. The van der Waals surface area contributed by atoms with Gasteiger partial charge in [-0.25, -0.2) is 4.79 Å². The molecule has 1 atom stereocenters. The van der Waals surface area contributed by atoms with E-state index in [2.05, 4.69) is 18.9 Å². The van der Waals surface area contributed by atoms with Crippen molar-refractivity contribution in [1.82, 2.24) is 4.68 Å². The monoisotopic (exact) mass is 460 g/mol. The summed E-state index contributed by atoms with van der Waals surface area (Å²) >= 11 is 0. The molecular weight excluding hydrogens is 432 g/mol. The van der Waals surface area contributed by atoms with Gasteiger partial charge in [-0.1, -0.05) is 30.3 Å². The zero-order chi connectivity index (χ0) is 24.0. The maximum Gasteiger partial charge on any atom is 0.343 e. The standard InChI is InChI=1S/C27H28N2O5/c1-5-33-26(31)20-15-28-21(13-23(20)30)18-11-24(32-4)25(34-16-17-9-7-6-8-10-17)12-19(18)22-14-27(2,3)29(22)28/h6-13,15,22H,5,14,16H2,1-4H3. The van der Waals surface area contributed by atoms with Gasteiger partial charge in [0.05, 0.1) is 31.0 Å². The number of esters is 1. The molecule has 0 spiro atoms. The third kappa shape index (κ3) is 3.52. The molecular formula is C27H28N2O5. The van der Waals surface area contributed by atoms with Crippen LogP contribution >= 0.6 is 0 Å². The fourth-order valence-electron chi connectivity index (χ4n) is 4.99. The molecule has 7 nitrogen and oxygen atoms in total. The highest BCUT2D eigenvalue weighted by atomic mass is 16.5. The minimum atomic E-state index is -0.606. The number of nitrogens with zero attached hydrogens (tertiary/aromatic N) is 2. The average molecular weight is 461 g/mol. The normalized spacial score (nSPS) is 17.1. The Bertz CT molecular complexity index is 1310. The van der Waals surface area contributed by atoms with Crippen LogP contribution in [0.15, 0.2) is 59.5 Å². The lowest BCUT2D eigenvalue weighted by Gasteiger charge is -2.60. The van der Waals surface area contributed by atoms with Crippen molar-refractivity contribution in [3.63, 3.8) is 0 Å². The molecule has 1 fully saturated rings. The third-order valence-corrected chi connectivity index (χ3v) is 6.58. The quantitative estimate of drug-likeness (QED) is 0.506. The molecule has 0 saturated carbocycles. The van der Waals surface area contributed by atoms with E-state index in [1.807, 2.05) is 47.1 Å². The van der Waals surface area contributed by atoms with Crippen LogP contribution in [0.4, 0.5) is 0 Å². The number of carbonyl (C=O) groups is 1.